The second-order valence-electron chi connectivity index (χ2n) is 7.60. The van der Waals surface area contributed by atoms with Gasteiger partial charge in [-0.2, -0.15) is 0 Å². The Bertz CT molecular complexity index is 1090. The van der Waals surface area contributed by atoms with Crippen molar-refractivity contribution in [2.45, 2.75) is 37.6 Å². The summed E-state index contributed by atoms with van der Waals surface area (Å²) in [7, 11) is -3.90. The average Bonchev–Trinajstić information content (AvgIpc) is 2.70. The maximum Gasteiger partial charge on any atom is 0.261 e. The largest absolute Gasteiger partial charge is 0.369 e. The van der Waals surface area contributed by atoms with Crippen molar-refractivity contribution in [1.82, 2.24) is 4.90 Å². The van der Waals surface area contributed by atoms with Crippen LogP contribution in [0, 0.1) is 12.8 Å². The Kier molecular flexibility index (Phi) is 6.52. The first kappa shape index (κ1) is 22.3. The summed E-state index contributed by atoms with van der Waals surface area (Å²) >= 11 is 3.34. The van der Waals surface area contributed by atoms with E-state index in [0.29, 0.717) is 23.0 Å². The molecule has 2 amide bonds. The van der Waals surface area contributed by atoms with Gasteiger partial charge in [0, 0.05) is 22.6 Å². The Labute approximate surface area is 184 Å². The van der Waals surface area contributed by atoms with Gasteiger partial charge in [0.25, 0.3) is 15.9 Å². The van der Waals surface area contributed by atoms with Crippen LogP contribution in [0.15, 0.2) is 51.8 Å². The minimum Gasteiger partial charge on any atom is -0.369 e. The van der Waals surface area contributed by atoms with E-state index in [1.165, 1.54) is 18.2 Å². The molecule has 0 aromatic heterocycles. The highest BCUT2D eigenvalue weighted by Crippen LogP contribution is 2.27. The molecule has 30 heavy (non-hydrogen) atoms. The predicted octanol–water partition coefficient (Wildman–Crippen LogP) is 3.28. The number of halogens is 1. The summed E-state index contributed by atoms with van der Waals surface area (Å²) in [6, 6.07) is 11.2. The molecule has 7 nitrogen and oxygen atoms in total. The number of anilines is 1. The number of nitrogens with zero attached hydrogens (tertiary/aromatic N) is 1. The van der Waals surface area contributed by atoms with Crippen LogP contribution in [-0.4, -0.2) is 37.7 Å². The van der Waals surface area contributed by atoms with E-state index in [1.54, 1.807) is 23.1 Å². The lowest BCUT2D eigenvalue weighted by Crippen LogP contribution is -2.48. The van der Waals surface area contributed by atoms with Crippen LogP contribution in [0.25, 0.3) is 0 Å². The molecule has 0 unspecified atom stereocenters. The van der Waals surface area contributed by atoms with Gasteiger partial charge in [-0.25, -0.2) is 8.42 Å². The molecule has 1 aliphatic rings. The molecular formula is C21H24BrN3O4S. The number of carbonyl (C=O) groups excluding carboxylic acids is 2. The Balaban J connectivity index is 1.87. The molecular weight excluding hydrogens is 470 g/mol. The normalized spacial score (nSPS) is 19.4. The fraction of sp³-hybridized carbons (Fsp3) is 0.333. The third kappa shape index (κ3) is 4.84. The number of aryl methyl sites for hydroxylation is 1. The molecule has 160 valence electrons. The van der Waals surface area contributed by atoms with E-state index in [1.807, 2.05) is 19.9 Å². The van der Waals surface area contributed by atoms with E-state index in [9.17, 15) is 18.0 Å². The molecule has 0 radical (unpaired) electrons. The van der Waals surface area contributed by atoms with E-state index >= 15 is 0 Å². The van der Waals surface area contributed by atoms with Crippen LogP contribution in [0.1, 0.15) is 35.7 Å². The van der Waals surface area contributed by atoms with Crippen molar-refractivity contribution < 1.29 is 18.0 Å². The van der Waals surface area contributed by atoms with Crippen molar-refractivity contribution in [1.29, 1.82) is 0 Å². The number of likely N-dealkylation sites (tertiary alicyclic amines) is 1. The Morgan fingerprint density at radius 1 is 1.17 bits per heavy atom. The van der Waals surface area contributed by atoms with Gasteiger partial charge in [0.05, 0.1) is 16.5 Å². The van der Waals surface area contributed by atoms with Gasteiger partial charge >= 0.3 is 0 Å². The van der Waals surface area contributed by atoms with Crippen LogP contribution in [0.2, 0.25) is 0 Å². The molecule has 2 aromatic rings. The summed E-state index contributed by atoms with van der Waals surface area (Å²) in [5, 5.41) is 0. The number of primary amides is 1. The monoisotopic (exact) mass is 493 g/mol. The predicted molar refractivity (Wildman–Crippen MR) is 119 cm³/mol. The molecule has 1 aliphatic heterocycles. The number of benzene rings is 2. The van der Waals surface area contributed by atoms with Crippen molar-refractivity contribution >= 4 is 43.5 Å². The molecule has 3 rings (SSSR count). The molecule has 2 atom stereocenters. The third-order valence-electron chi connectivity index (χ3n) is 5.30. The maximum absolute atomic E-state index is 13.1. The van der Waals surface area contributed by atoms with Gasteiger partial charge in [0.1, 0.15) is 0 Å². The first-order valence-corrected chi connectivity index (χ1v) is 11.9. The van der Waals surface area contributed by atoms with Crippen LogP contribution >= 0.6 is 15.9 Å². The molecule has 0 spiro atoms. The zero-order chi connectivity index (χ0) is 22.1. The first-order chi connectivity index (χ1) is 14.1. The summed E-state index contributed by atoms with van der Waals surface area (Å²) in [6.07, 6.45) is 1.31. The Hall–Kier alpha value is -2.39. The fourth-order valence-electron chi connectivity index (χ4n) is 3.51. The number of hydrogen-bond donors (Lipinski definition) is 2. The van der Waals surface area contributed by atoms with Gasteiger partial charge in [0.15, 0.2) is 0 Å². The quantitative estimate of drug-likeness (QED) is 0.665. The minimum absolute atomic E-state index is 0.0159. The van der Waals surface area contributed by atoms with E-state index in [0.717, 1.165) is 5.56 Å². The molecule has 3 N–H and O–H groups in total. The SMILES string of the molecule is Cc1ccc(Br)c(NS(=O)(=O)c2cccc(C(=O)N3C[C@H](C(N)=O)CC[C@H]3C)c2)c1. The van der Waals surface area contributed by atoms with E-state index in [-0.39, 0.29) is 29.0 Å². The van der Waals surface area contributed by atoms with Crippen LogP contribution in [-0.2, 0) is 14.8 Å². The lowest BCUT2D eigenvalue weighted by Gasteiger charge is -2.37. The van der Waals surface area contributed by atoms with Crippen LogP contribution in [0.3, 0.4) is 0 Å². The highest BCUT2D eigenvalue weighted by Gasteiger charge is 2.32. The van der Waals surface area contributed by atoms with Crippen LogP contribution in [0.4, 0.5) is 5.69 Å². The fourth-order valence-corrected chi connectivity index (χ4v) is 5.10. The standard InChI is InChI=1S/C21H24BrN3O4S/c1-13-6-9-18(22)19(10-13)24-30(28,29)17-5-3-4-15(11-17)21(27)25-12-16(20(23)26)8-7-14(25)2/h3-6,9-11,14,16,24H,7-8,12H2,1-2H3,(H2,23,26)/t14-,16-/m1/s1. The second kappa shape index (κ2) is 8.77. The molecule has 0 aliphatic carbocycles. The van der Waals surface area contributed by atoms with Gasteiger partial charge in [0.2, 0.25) is 5.91 Å². The smallest absolute Gasteiger partial charge is 0.261 e. The zero-order valence-corrected chi connectivity index (χ0v) is 19.2. The molecule has 0 bridgehead atoms. The maximum atomic E-state index is 13.1. The molecule has 9 heteroatoms. The highest BCUT2D eigenvalue weighted by atomic mass is 79.9. The zero-order valence-electron chi connectivity index (χ0n) is 16.8. The molecule has 2 aromatic carbocycles. The van der Waals surface area contributed by atoms with Crippen molar-refractivity contribution in [3.63, 3.8) is 0 Å². The number of carbonyl (C=O) groups is 2. The molecule has 1 fully saturated rings. The van der Waals surface area contributed by atoms with Gasteiger partial charge in [-0.3, -0.25) is 14.3 Å². The van der Waals surface area contributed by atoms with Gasteiger partial charge in [-0.05, 0) is 78.5 Å². The lowest BCUT2D eigenvalue weighted by molar-refractivity contribution is -0.123. The second-order valence-corrected chi connectivity index (χ2v) is 10.1. The summed E-state index contributed by atoms with van der Waals surface area (Å²) in [5.74, 6) is -1.14. The van der Waals surface area contributed by atoms with Crippen LogP contribution < -0.4 is 10.5 Å². The first-order valence-electron chi connectivity index (χ1n) is 9.58. The number of hydrogen-bond acceptors (Lipinski definition) is 4. The van der Waals surface area contributed by atoms with E-state index < -0.39 is 21.8 Å². The summed E-state index contributed by atoms with van der Waals surface area (Å²) in [5.41, 5.74) is 6.99. The topological polar surface area (TPSA) is 110 Å². The molecule has 1 heterocycles. The van der Waals surface area contributed by atoms with Crippen molar-refractivity contribution in [2.75, 3.05) is 11.3 Å². The number of nitrogens with two attached hydrogens (primary N) is 1. The minimum atomic E-state index is -3.90. The lowest BCUT2D eigenvalue weighted by atomic mass is 9.92. The van der Waals surface area contributed by atoms with Crippen molar-refractivity contribution in [3.8, 4) is 0 Å². The van der Waals surface area contributed by atoms with Gasteiger partial charge < -0.3 is 10.6 Å². The van der Waals surface area contributed by atoms with E-state index in [4.69, 9.17) is 5.73 Å². The van der Waals surface area contributed by atoms with Gasteiger partial charge in [-0.15, -0.1) is 0 Å². The number of amides is 2. The van der Waals surface area contributed by atoms with Gasteiger partial charge in [-0.1, -0.05) is 12.1 Å². The van der Waals surface area contributed by atoms with Crippen LogP contribution in [0.5, 0.6) is 0 Å². The summed E-state index contributed by atoms with van der Waals surface area (Å²) in [4.78, 5) is 26.2. The molecule has 1 saturated heterocycles. The van der Waals surface area contributed by atoms with Crippen molar-refractivity contribution in [3.05, 3.63) is 58.1 Å². The number of rotatable bonds is 5. The number of nitrogens with one attached hydrogen (secondary N) is 1. The Morgan fingerprint density at radius 2 is 1.90 bits per heavy atom. The third-order valence-corrected chi connectivity index (χ3v) is 7.36. The highest BCUT2D eigenvalue weighted by molar-refractivity contribution is 9.10. The van der Waals surface area contributed by atoms with Crippen molar-refractivity contribution in [2.24, 2.45) is 11.7 Å². The average molecular weight is 494 g/mol. The molecule has 0 saturated carbocycles. The Morgan fingerprint density at radius 3 is 2.60 bits per heavy atom. The van der Waals surface area contributed by atoms with E-state index in [2.05, 4.69) is 20.7 Å². The number of sulfonamides is 1. The summed E-state index contributed by atoms with van der Waals surface area (Å²) in [6.45, 7) is 4.01. The summed E-state index contributed by atoms with van der Waals surface area (Å²) < 4.78 is 29.0. The number of piperidine rings is 1.